The molecule has 2 N–H and O–H groups in total. The van der Waals surface area contributed by atoms with Crippen molar-refractivity contribution in [1.82, 2.24) is 9.97 Å². The summed E-state index contributed by atoms with van der Waals surface area (Å²) in [6.45, 7) is 0.458. The number of aromatic carboxylic acids is 1. The van der Waals surface area contributed by atoms with Crippen molar-refractivity contribution in [2.24, 2.45) is 0 Å². The summed E-state index contributed by atoms with van der Waals surface area (Å²) in [5, 5.41) is 13.0. The molecular weight excluding hydrogens is 258 g/mol. The fraction of sp³-hybridized carbons (Fsp3) is 0.0714. The molecule has 0 saturated carbocycles. The molecule has 2 heterocycles. The molecule has 0 radical (unpaired) electrons. The number of nitrogens with zero attached hydrogens (tertiary/aromatic N) is 2. The van der Waals surface area contributed by atoms with Crippen LogP contribution in [0.3, 0.4) is 0 Å². The van der Waals surface area contributed by atoms with Gasteiger partial charge in [-0.05, 0) is 23.8 Å². The molecule has 0 unspecified atom stereocenters. The van der Waals surface area contributed by atoms with Gasteiger partial charge in [-0.15, -0.1) is 0 Å². The number of rotatable bonds is 4. The lowest BCUT2D eigenvalue weighted by Crippen LogP contribution is -2.10. The van der Waals surface area contributed by atoms with E-state index < -0.39 is 5.97 Å². The zero-order valence-electron chi connectivity index (χ0n) is 10.4. The maximum Gasteiger partial charge on any atom is 0.358 e. The van der Waals surface area contributed by atoms with Crippen molar-refractivity contribution >= 4 is 22.8 Å². The molecule has 0 spiro atoms. The summed E-state index contributed by atoms with van der Waals surface area (Å²) in [5.41, 5.74) is 1.73. The van der Waals surface area contributed by atoms with Gasteiger partial charge in [0.05, 0.1) is 6.26 Å². The van der Waals surface area contributed by atoms with Gasteiger partial charge in [-0.25, -0.2) is 14.8 Å². The van der Waals surface area contributed by atoms with Gasteiger partial charge in [0, 0.05) is 24.3 Å². The number of hydrogen-bond donors (Lipinski definition) is 2. The molecule has 0 bridgehead atoms. The Hall–Kier alpha value is -2.89. The number of anilines is 1. The van der Waals surface area contributed by atoms with Gasteiger partial charge in [0.2, 0.25) is 0 Å². The molecule has 100 valence electrons. The van der Waals surface area contributed by atoms with Crippen LogP contribution in [0.25, 0.3) is 11.0 Å². The molecular formula is C14H11N3O3. The second-order valence-electron chi connectivity index (χ2n) is 4.21. The van der Waals surface area contributed by atoms with Gasteiger partial charge in [-0.2, -0.15) is 0 Å². The van der Waals surface area contributed by atoms with E-state index in [1.165, 1.54) is 12.4 Å². The highest BCUT2D eigenvalue weighted by Crippen LogP contribution is 2.18. The molecule has 0 fully saturated rings. The molecule has 20 heavy (non-hydrogen) atoms. The Bertz CT molecular complexity index is 767. The van der Waals surface area contributed by atoms with Crippen LogP contribution in [0.5, 0.6) is 0 Å². The predicted octanol–water partition coefficient (Wildman–Crippen LogP) is 2.53. The SMILES string of the molecule is O=C(O)c1nccnc1NCc1ccc2occc2c1. The molecule has 3 aromatic rings. The van der Waals surface area contributed by atoms with Crippen molar-refractivity contribution in [3.8, 4) is 0 Å². The zero-order chi connectivity index (χ0) is 13.9. The van der Waals surface area contributed by atoms with Gasteiger partial charge in [0.25, 0.3) is 0 Å². The minimum absolute atomic E-state index is 0.0862. The first-order chi connectivity index (χ1) is 9.74. The van der Waals surface area contributed by atoms with Crippen molar-refractivity contribution in [2.45, 2.75) is 6.54 Å². The van der Waals surface area contributed by atoms with E-state index in [0.717, 1.165) is 16.5 Å². The Balaban J connectivity index is 1.80. The number of nitrogens with one attached hydrogen (secondary N) is 1. The van der Waals surface area contributed by atoms with Crippen LogP contribution >= 0.6 is 0 Å². The number of benzene rings is 1. The van der Waals surface area contributed by atoms with Gasteiger partial charge in [0.15, 0.2) is 11.5 Å². The van der Waals surface area contributed by atoms with Gasteiger partial charge >= 0.3 is 5.97 Å². The summed E-state index contributed by atoms with van der Waals surface area (Å²) in [6, 6.07) is 7.64. The number of carbonyl (C=O) groups is 1. The predicted molar refractivity (Wildman–Crippen MR) is 72.5 cm³/mol. The fourth-order valence-corrected chi connectivity index (χ4v) is 1.94. The van der Waals surface area contributed by atoms with Crippen LogP contribution in [0.15, 0.2) is 47.3 Å². The van der Waals surface area contributed by atoms with Crippen LogP contribution in [0.1, 0.15) is 16.1 Å². The van der Waals surface area contributed by atoms with E-state index in [1.807, 2.05) is 24.3 Å². The van der Waals surface area contributed by atoms with Crippen molar-refractivity contribution in [3.05, 3.63) is 54.2 Å². The highest BCUT2D eigenvalue weighted by molar-refractivity contribution is 5.90. The highest BCUT2D eigenvalue weighted by atomic mass is 16.4. The van der Waals surface area contributed by atoms with E-state index in [9.17, 15) is 4.79 Å². The summed E-state index contributed by atoms with van der Waals surface area (Å²) in [4.78, 5) is 18.8. The maximum atomic E-state index is 11.0. The number of carboxylic acids is 1. The Morgan fingerprint density at radius 2 is 2.10 bits per heavy atom. The normalized spacial score (nSPS) is 10.6. The number of hydrogen-bond acceptors (Lipinski definition) is 5. The summed E-state index contributed by atoms with van der Waals surface area (Å²) in [5.74, 6) is -0.849. The van der Waals surface area contributed by atoms with Gasteiger partial charge in [0.1, 0.15) is 5.58 Å². The Kier molecular flexibility index (Phi) is 3.04. The van der Waals surface area contributed by atoms with Crippen molar-refractivity contribution in [1.29, 1.82) is 0 Å². The van der Waals surface area contributed by atoms with E-state index in [2.05, 4.69) is 15.3 Å². The van der Waals surface area contributed by atoms with E-state index in [4.69, 9.17) is 9.52 Å². The molecule has 0 amide bonds. The molecule has 2 aromatic heterocycles. The average molecular weight is 269 g/mol. The first kappa shape index (κ1) is 12.2. The third-order valence-corrected chi connectivity index (χ3v) is 2.88. The summed E-state index contributed by atoms with van der Waals surface area (Å²) >= 11 is 0. The van der Waals surface area contributed by atoms with E-state index in [1.54, 1.807) is 6.26 Å². The number of fused-ring (bicyclic) bond motifs is 1. The van der Waals surface area contributed by atoms with E-state index in [-0.39, 0.29) is 11.5 Å². The van der Waals surface area contributed by atoms with Crippen molar-refractivity contribution in [3.63, 3.8) is 0 Å². The highest BCUT2D eigenvalue weighted by Gasteiger charge is 2.12. The van der Waals surface area contributed by atoms with E-state index >= 15 is 0 Å². The van der Waals surface area contributed by atoms with Crippen LogP contribution in [0.4, 0.5) is 5.82 Å². The first-order valence-electron chi connectivity index (χ1n) is 5.98. The topological polar surface area (TPSA) is 88.2 Å². The van der Waals surface area contributed by atoms with Gasteiger partial charge < -0.3 is 14.8 Å². The zero-order valence-corrected chi connectivity index (χ0v) is 10.4. The number of aromatic nitrogens is 2. The van der Waals surface area contributed by atoms with Crippen LogP contribution < -0.4 is 5.32 Å². The summed E-state index contributed by atoms with van der Waals surface area (Å²) in [6.07, 6.45) is 4.44. The molecule has 3 rings (SSSR count). The van der Waals surface area contributed by atoms with Crippen LogP contribution in [-0.4, -0.2) is 21.0 Å². The molecule has 6 nitrogen and oxygen atoms in total. The third-order valence-electron chi connectivity index (χ3n) is 2.88. The lowest BCUT2D eigenvalue weighted by Gasteiger charge is -2.07. The van der Waals surface area contributed by atoms with Gasteiger partial charge in [-0.3, -0.25) is 0 Å². The summed E-state index contributed by atoms with van der Waals surface area (Å²) in [7, 11) is 0. The molecule has 0 aliphatic heterocycles. The lowest BCUT2D eigenvalue weighted by molar-refractivity contribution is 0.0691. The summed E-state index contributed by atoms with van der Waals surface area (Å²) < 4.78 is 5.27. The molecule has 0 aliphatic rings. The third kappa shape index (κ3) is 2.31. The number of carboxylic acid groups (broad SMARTS) is 1. The smallest absolute Gasteiger partial charge is 0.358 e. The van der Waals surface area contributed by atoms with Crippen molar-refractivity contribution in [2.75, 3.05) is 5.32 Å². The second-order valence-corrected chi connectivity index (χ2v) is 4.21. The van der Waals surface area contributed by atoms with Crippen molar-refractivity contribution < 1.29 is 14.3 Å². The van der Waals surface area contributed by atoms with E-state index in [0.29, 0.717) is 6.54 Å². The quantitative estimate of drug-likeness (QED) is 0.756. The lowest BCUT2D eigenvalue weighted by atomic mass is 10.1. The Morgan fingerprint density at radius 3 is 2.95 bits per heavy atom. The minimum Gasteiger partial charge on any atom is -0.476 e. The monoisotopic (exact) mass is 269 g/mol. The molecule has 0 aliphatic carbocycles. The minimum atomic E-state index is -1.11. The molecule has 6 heteroatoms. The average Bonchev–Trinajstić information content (AvgIpc) is 2.92. The van der Waals surface area contributed by atoms with Crippen LogP contribution in [0, 0.1) is 0 Å². The fourth-order valence-electron chi connectivity index (χ4n) is 1.94. The molecule has 0 saturated heterocycles. The largest absolute Gasteiger partial charge is 0.476 e. The Labute approximate surface area is 114 Å². The Morgan fingerprint density at radius 1 is 1.25 bits per heavy atom. The standard InChI is InChI=1S/C14H11N3O3/c18-14(19)12-13(16-5-4-15-12)17-8-9-1-2-11-10(7-9)3-6-20-11/h1-7H,8H2,(H,16,17)(H,18,19). The van der Waals surface area contributed by atoms with Crippen LogP contribution in [-0.2, 0) is 6.54 Å². The maximum absolute atomic E-state index is 11.0. The van der Waals surface area contributed by atoms with Crippen LogP contribution in [0.2, 0.25) is 0 Å². The van der Waals surface area contributed by atoms with Gasteiger partial charge in [-0.1, -0.05) is 6.07 Å². The molecule has 0 atom stereocenters. The molecule has 1 aromatic carbocycles. The number of furan rings is 1. The second kappa shape index (κ2) is 5.00. The first-order valence-corrected chi connectivity index (χ1v) is 5.98.